The van der Waals surface area contributed by atoms with Gasteiger partial charge in [-0.1, -0.05) is 13.0 Å². The van der Waals surface area contributed by atoms with E-state index in [4.69, 9.17) is 4.74 Å². The monoisotopic (exact) mass is 383 g/mol. The molecule has 1 atom stereocenters. The summed E-state index contributed by atoms with van der Waals surface area (Å²) >= 11 is 1.61. The van der Waals surface area contributed by atoms with Gasteiger partial charge < -0.3 is 10.1 Å². The number of aromatic nitrogens is 2. The molecule has 0 aliphatic heterocycles. The zero-order valence-electron chi connectivity index (χ0n) is 15.3. The molecule has 1 aliphatic carbocycles. The summed E-state index contributed by atoms with van der Waals surface area (Å²) in [6.07, 6.45) is 4.48. The highest BCUT2D eigenvalue weighted by Crippen LogP contribution is 2.35. The molecule has 4 rings (SSSR count). The number of rotatable bonds is 4. The van der Waals surface area contributed by atoms with E-state index >= 15 is 0 Å². The predicted molar refractivity (Wildman–Crippen MR) is 107 cm³/mol. The van der Waals surface area contributed by atoms with E-state index in [0.29, 0.717) is 22.7 Å². The minimum Gasteiger partial charge on any atom is -0.497 e. The van der Waals surface area contributed by atoms with Crippen LogP contribution in [0.3, 0.4) is 0 Å². The molecule has 1 aromatic carbocycles. The lowest BCUT2D eigenvalue weighted by atomic mass is 9.89. The van der Waals surface area contributed by atoms with Gasteiger partial charge in [0, 0.05) is 16.6 Å². The number of nitrogens with one attached hydrogen (secondary N) is 1. The third kappa shape index (κ3) is 3.47. The molecule has 0 saturated heterocycles. The second kappa shape index (κ2) is 7.15. The van der Waals surface area contributed by atoms with Crippen LogP contribution in [0.15, 0.2) is 35.4 Å². The highest BCUT2D eigenvalue weighted by atomic mass is 32.1. The largest absolute Gasteiger partial charge is 0.497 e. The number of carbonyl (C=O) groups excluding carboxylic acids is 1. The molecule has 3 aromatic rings. The number of hydrogen-bond donors (Lipinski definition) is 1. The molecule has 2 heterocycles. The molecule has 7 heteroatoms. The highest BCUT2D eigenvalue weighted by molar-refractivity contribution is 7.18. The molecule has 0 fully saturated rings. The molecule has 0 radical (unpaired) electrons. The molecule has 6 nitrogen and oxygen atoms in total. The number of carbonyl (C=O) groups is 1. The molecular formula is C20H21N3O3S. The summed E-state index contributed by atoms with van der Waals surface area (Å²) < 4.78 is 6.55. The molecule has 0 spiro atoms. The van der Waals surface area contributed by atoms with Crippen molar-refractivity contribution in [3.05, 3.63) is 51.4 Å². The first-order valence-electron chi connectivity index (χ1n) is 8.98. The molecule has 1 N–H and O–H groups in total. The minimum atomic E-state index is -0.274. The molecule has 0 bridgehead atoms. The molecule has 140 valence electrons. The van der Waals surface area contributed by atoms with Crippen molar-refractivity contribution in [3.8, 4) is 5.75 Å². The average molecular weight is 383 g/mol. The van der Waals surface area contributed by atoms with Gasteiger partial charge in [0.1, 0.15) is 17.1 Å². The number of hydrogen-bond acceptors (Lipinski definition) is 5. The van der Waals surface area contributed by atoms with Gasteiger partial charge in [0.2, 0.25) is 5.91 Å². The van der Waals surface area contributed by atoms with E-state index in [0.717, 1.165) is 29.7 Å². The Morgan fingerprint density at radius 3 is 3.11 bits per heavy atom. The van der Waals surface area contributed by atoms with Crippen molar-refractivity contribution in [2.45, 2.75) is 32.7 Å². The van der Waals surface area contributed by atoms with Crippen molar-refractivity contribution in [1.29, 1.82) is 0 Å². The fourth-order valence-corrected chi connectivity index (χ4v) is 4.88. The van der Waals surface area contributed by atoms with Gasteiger partial charge in [-0.3, -0.25) is 14.2 Å². The Labute approximate surface area is 160 Å². The third-order valence-corrected chi connectivity index (χ3v) is 6.11. The number of anilines is 1. The van der Waals surface area contributed by atoms with Crippen molar-refractivity contribution >= 4 is 33.1 Å². The van der Waals surface area contributed by atoms with Gasteiger partial charge in [-0.2, -0.15) is 0 Å². The van der Waals surface area contributed by atoms with Crippen LogP contribution in [0.5, 0.6) is 5.75 Å². The average Bonchev–Trinajstić information content (AvgIpc) is 3.02. The maximum absolute atomic E-state index is 13.0. The maximum atomic E-state index is 13.0. The number of thiophene rings is 1. The lowest BCUT2D eigenvalue weighted by Crippen LogP contribution is -2.28. The zero-order chi connectivity index (χ0) is 19.0. The molecule has 2 aromatic heterocycles. The van der Waals surface area contributed by atoms with Crippen LogP contribution in [0.2, 0.25) is 0 Å². The van der Waals surface area contributed by atoms with Crippen molar-refractivity contribution in [1.82, 2.24) is 9.55 Å². The van der Waals surface area contributed by atoms with E-state index < -0.39 is 0 Å². The molecule has 1 aliphatic rings. The lowest BCUT2D eigenvalue weighted by molar-refractivity contribution is -0.116. The van der Waals surface area contributed by atoms with Crippen LogP contribution in [-0.4, -0.2) is 22.6 Å². The number of ether oxygens (including phenoxy) is 1. The molecular weight excluding hydrogens is 362 g/mol. The third-order valence-electron chi connectivity index (χ3n) is 4.95. The van der Waals surface area contributed by atoms with Crippen LogP contribution in [0.1, 0.15) is 23.8 Å². The lowest BCUT2D eigenvalue weighted by Gasteiger charge is -2.17. The van der Waals surface area contributed by atoms with Gasteiger partial charge in [0.05, 0.1) is 18.8 Å². The first-order valence-corrected chi connectivity index (χ1v) is 9.80. The number of fused-ring (bicyclic) bond motifs is 3. The fraction of sp³-hybridized carbons (Fsp3) is 0.350. The Balaban J connectivity index is 1.59. The normalized spacial score (nSPS) is 16.1. The Morgan fingerprint density at radius 1 is 1.44 bits per heavy atom. The van der Waals surface area contributed by atoms with Gasteiger partial charge in [-0.05, 0) is 42.9 Å². The number of benzene rings is 1. The number of aryl methyl sites for hydroxylation is 1. The quantitative estimate of drug-likeness (QED) is 0.751. The van der Waals surface area contributed by atoms with Gasteiger partial charge in [-0.15, -0.1) is 11.3 Å². The number of amides is 1. The van der Waals surface area contributed by atoms with E-state index in [1.54, 1.807) is 42.7 Å². The summed E-state index contributed by atoms with van der Waals surface area (Å²) in [5.74, 6) is 1.03. The first kappa shape index (κ1) is 17.7. The second-order valence-electron chi connectivity index (χ2n) is 6.99. The Morgan fingerprint density at radius 2 is 2.30 bits per heavy atom. The number of methoxy groups -OCH3 is 1. The predicted octanol–water partition coefficient (Wildman–Crippen LogP) is 3.23. The Bertz CT molecular complexity index is 1070. The van der Waals surface area contributed by atoms with E-state index in [1.807, 2.05) is 0 Å². The van der Waals surface area contributed by atoms with Crippen molar-refractivity contribution in [2.75, 3.05) is 12.4 Å². The standard InChI is InChI=1S/C20H21N3O3S/c1-12-6-7-15-16(8-12)27-19-18(15)20(25)23(11-21-19)10-17(24)22-13-4-3-5-14(9-13)26-2/h3-5,9,11-12H,6-8,10H2,1-2H3,(H,22,24). The van der Waals surface area contributed by atoms with Crippen molar-refractivity contribution < 1.29 is 9.53 Å². The van der Waals surface area contributed by atoms with Gasteiger partial charge in [-0.25, -0.2) is 4.98 Å². The summed E-state index contributed by atoms with van der Waals surface area (Å²) in [5, 5.41) is 3.49. The van der Waals surface area contributed by atoms with Crippen LogP contribution in [0, 0.1) is 5.92 Å². The van der Waals surface area contributed by atoms with Gasteiger partial charge in [0.25, 0.3) is 5.56 Å². The second-order valence-corrected chi connectivity index (χ2v) is 8.07. The molecule has 1 amide bonds. The van der Waals surface area contributed by atoms with E-state index in [1.165, 1.54) is 15.8 Å². The first-order chi connectivity index (χ1) is 13.0. The zero-order valence-corrected chi connectivity index (χ0v) is 16.1. The summed E-state index contributed by atoms with van der Waals surface area (Å²) in [6, 6.07) is 7.12. The van der Waals surface area contributed by atoms with Crippen LogP contribution in [0.4, 0.5) is 5.69 Å². The Hall–Kier alpha value is -2.67. The van der Waals surface area contributed by atoms with Crippen LogP contribution in [0.25, 0.3) is 10.2 Å². The van der Waals surface area contributed by atoms with Gasteiger partial charge in [0.15, 0.2) is 0 Å². The highest BCUT2D eigenvalue weighted by Gasteiger charge is 2.23. The molecule has 27 heavy (non-hydrogen) atoms. The van der Waals surface area contributed by atoms with E-state index in [-0.39, 0.29) is 18.0 Å². The summed E-state index contributed by atoms with van der Waals surface area (Å²) in [7, 11) is 1.57. The smallest absolute Gasteiger partial charge is 0.262 e. The maximum Gasteiger partial charge on any atom is 0.262 e. The van der Waals surface area contributed by atoms with E-state index in [2.05, 4.69) is 17.2 Å². The Kier molecular flexibility index (Phi) is 4.70. The summed E-state index contributed by atoms with van der Waals surface area (Å²) in [5.41, 5.74) is 1.63. The van der Waals surface area contributed by atoms with Gasteiger partial charge >= 0.3 is 0 Å². The van der Waals surface area contributed by atoms with Crippen LogP contribution < -0.4 is 15.6 Å². The van der Waals surface area contributed by atoms with E-state index in [9.17, 15) is 9.59 Å². The fourth-order valence-electron chi connectivity index (χ4n) is 3.53. The van der Waals surface area contributed by atoms with Crippen molar-refractivity contribution in [2.24, 2.45) is 5.92 Å². The summed E-state index contributed by atoms with van der Waals surface area (Å²) in [4.78, 5) is 31.9. The summed E-state index contributed by atoms with van der Waals surface area (Å²) in [6.45, 7) is 2.17. The van der Waals surface area contributed by atoms with Crippen LogP contribution in [-0.2, 0) is 24.2 Å². The SMILES string of the molecule is COc1cccc(NC(=O)Cn2cnc3sc4c(c3c2=O)CCC(C)C4)c1. The van der Waals surface area contributed by atoms with Crippen molar-refractivity contribution in [3.63, 3.8) is 0 Å². The minimum absolute atomic E-state index is 0.0694. The molecule has 1 unspecified atom stereocenters. The number of nitrogens with zero attached hydrogens (tertiary/aromatic N) is 2. The van der Waals surface area contributed by atoms with Crippen LogP contribution >= 0.6 is 11.3 Å². The molecule has 0 saturated carbocycles. The topological polar surface area (TPSA) is 73.2 Å².